The van der Waals surface area contributed by atoms with Gasteiger partial charge in [0.05, 0.1) is 13.0 Å². The molecule has 2 rings (SSSR count). The molecule has 7 heteroatoms. The number of aliphatic carboxylic acids is 1. The smallest absolute Gasteiger partial charge is 0.304 e. The maximum atomic E-state index is 11.1. The van der Waals surface area contributed by atoms with Crippen molar-refractivity contribution in [2.24, 2.45) is 5.92 Å². The van der Waals surface area contributed by atoms with Crippen molar-refractivity contribution in [2.45, 2.75) is 70.3 Å². The summed E-state index contributed by atoms with van der Waals surface area (Å²) in [5.41, 5.74) is 0. The SMILES string of the molecule is CSNCc1noc([C@H](CCCC2CCCCC2)CC(=O)O)n1. The first-order chi connectivity index (χ1) is 11.2. The lowest BCUT2D eigenvalue weighted by Gasteiger charge is -2.21. The Bertz CT molecular complexity index is 475. The molecule has 0 amide bonds. The lowest BCUT2D eigenvalue weighted by molar-refractivity contribution is -0.137. The predicted molar refractivity (Wildman–Crippen MR) is 90.1 cm³/mol. The van der Waals surface area contributed by atoms with E-state index in [1.54, 1.807) is 0 Å². The van der Waals surface area contributed by atoms with E-state index < -0.39 is 5.97 Å². The minimum Gasteiger partial charge on any atom is -0.481 e. The minimum absolute atomic E-state index is 0.0578. The van der Waals surface area contributed by atoms with E-state index in [9.17, 15) is 4.79 Å². The van der Waals surface area contributed by atoms with Crippen molar-refractivity contribution in [1.29, 1.82) is 0 Å². The van der Waals surface area contributed by atoms with Crippen molar-refractivity contribution in [1.82, 2.24) is 14.9 Å². The van der Waals surface area contributed by atoms with Crippen molar-refractivity contribution in [2.75, 3.05) is 6.26 Å². The molecule has 23 heavy (non-hydrogen) atoms. The molecule has 0 aromatic carbocycles. The Morgan fingerprint density at radius 3 is 2.91 bits per heavy atom. The highest BCUT2D eigenvalue weighted by molar-refractivity contribution is 7.96. The number of carboxylic acids is 1. The fraction of sp³-hybridized carbons (Fsp3) is 0.812. The van der Waals surface area contributed by atoms with Gasteiger partial charge in [-0.2, -0.15) is 4.98 Å². The maximum Gasteiger partial charge on any atom is 0.304 e. The maximum absolute atomic E-state index is 11.1. The average Bonchev–Trinajstić information content (AvgIpc) is 3.01. The van der Waals surface area contributed by atoms with Crippen LogP contribution in [-0.4, -0.2) is 27.5 Å². The molecule has 0 bridgehead atoms. The first-order valence-electron chi connectivity index (χ1n) is 8.49. The molecule has 0 saturated heterocycles. The third-order valence-electron chi connectivity index (χ3n) is 4.52. The fourth-order valence-electron chi connectivity index (χ4n) is 3.29. The zero-order valence-corrected chi connectivity index (χ0v) is 14.6. The lowest BCUT2D eigenvalue weighted by Crippen LogP contribution is -2.10. The van der Waals surface area contributed by atoms with Crippen molar-refractivity contribution in [3.63, 3.8) is 0 Å². The number of carboxylic acid groups (broad SMARTS) is 1. The molecule has 1 aromatic rings. The lowest BCUT2D eigenvalue weighted by atomic mass is 9.84. The summed E-state index contributed by atoms with van der Waals surface area (Å²) in [7, 11) is 0. The summed E-state index contributed by atoms with van der Waals surface area (Å²) in [6.07, 6.45) is 11.7. The summed E-state index contributed by atoms with van der Waals surface area (Å²) in [6, 6.07) is 0. The van der Waals surface area contributed by atoms with Crippen molar-refractivity contribution < 1.29 is 14.4 Å². The minimum atomic E-state index is -0.811. The number of aromatic nitrogens is 2. The number of nitrogens with one attached hydrogen (secondary N) is 1. The van der Waals surface area contributed by atoms with Crippen LogP contribution in [0.2, 0.25) is 0 Å². The van der Waals surface area contributed by atoms with Crippen LogP contribution in [0.1, 0.15) is 75.4 Å². The van der Waals surface area contributed by atoms with E-state index in [-0.39, 0.29) is 12.3 Å². The monoisotopic (exact) mass is 341 g/mol. The van der Waals surface area contributed by atoms with Crippen LogP contribution in [0.25, 0.3) is 0 Å². The van der Waals surface area contributed by atoms with Gasteiger partial charge in [0.15, 0.2) is 5.82 Å². The molecule has 6 nitrogen and oxygen atoms in total. The van der Waals surface area contributed by atoms with Gasteiger partial charge in [-0.05, 0) is 18.6 Å². The van der Waals surface area contributed by atoms with Gasteiger partial charge in [0.25, 0.3) is 0 Å². The van der Waals surface area contributed by atoms with Gasteiger partial charge >= 0.3 is 5.97 Å². The van der Waals surface area contributed by atoms with E-state index in [4.69, 9.17) is 9.63 Å². The average molecular weight is 341 g/mol. The van der Waals surface area contributed by atoms with E-state index in [2.05, 4.69) is 14.9 Å². The molecule has 130 valence electrons. The van der Waals surface area contributed by atoms with Crippen LogP contribution in [0.5, 0.6) is 0 Å². The van der Waals surface area contributed by atoms with Gasteiger partial charge in [-0.1, -0.05) is 62.1 Å². The normalized spacial score (nSPS) is 17.3. The Balaban J connectivity index is 1.85. The molecule has 0 aliphatic heterocycles. The Morgan fingerprint density at radius 1 is 1.43 bits per heavy atom. The van der Waals surface area contributed by atoms with Crippen LogP contribution in [-0.2, 0) is 11.3 Å². The number of nitrogens with zero attached hydrogens (tertiary/aromatic N) is 2. The second-order valence-electron chi connectivity index (χ2n) is 6.30. The van der Waals surface area contributed by atoms with Gasteiger partial charge in [-0.25, -0.2) is 0 Å². The van der Waals surface area contributed by atoms with Crippen LogP contribution in [0, 0.1) is 5.92 Å². The summed E-state index contributed by atoms with van der Waals surface area (Å²) < 4.78 is 8.35. The predicted octanol–water partition coefficient (Wildman–Crippen LogP) is 3.75. The molecule has 1 saturated carbocycles. The van der Waals surface area contributed by atoms with Gasteiger partial charge in [-0.3, -0.25) is 9.52 Å². The molecule has 1 aliphatic carbocycles. The van der Waals surface area contributed by atoms with Crippen LogP contribution < -0.4 is 4.72 Å². The van der Waals surface area contributed by atoms with Gasteiger partial charge < -0.3 is 9.63 Å². The third-order valence-corrected chi connectivity index (χ3v) is 4.95. The molecule has 1 atom stereocenters. The zero-order chi connectivity index (χ0) is 16.5. The second kappa shape index (κ2) is 9.93. The van der Waals surface area contributed by atoms with E-state index in [0.29, 0.717) is 18.3 Å². The Hall–Kier alpha value is -1.08. The Morgan fingerprint density at radius 2 is 2.22 bits per heavy atom. The van der Waals surface area contributed by atoms with E-state index >= 15 is 0 Å². The van der Waals surface area contributed by atoms with E-state index in [1.165, 1.54) is 50.5 Å². The molecule has 0 radical (unpaired) electrons. The van der Waals surface area contributed by atoms with E-state index in [0.717, 1.165) is 18.8 Å². The van der Waals surface area contributed by atoms with Crippen LogP contribution in [0.15, 0.2) is 4.52 Å². The summed E-state index contributed by atoms with van der Waals surface area (Å²) in [4.78, 5) is 15.5. The molecule has 1 aliphatic rings. The summed E-state index contributed by atoms with van der Waals surface area (Å²) >= 11 is 1.49. The first-order valence-corrected chi connectivity index (χ1v) is 9.71. The van der Waals surface area contributed by atoms with Crippen LogP contribution in [0.3, 0.4) is 0 Å². The molecular weight excluding hydrogens is 314 g/mol. The third kappa shape index (κ3) is 6.51. The molecule has 2 N–H and O–H groups in total. The Labute approximate surface area is 141 Å². The molecule has 1 fully saturated rings. The Kier molecular flexibility index (Phi) is 7.88. The van der Waals surface area contributed by atoms with Crippen LogP contribution >= 0.6 is 11.9 Å². The quantitative estimate of drug-likeness (QED) is 0.627. The van der Waals surface area contributed by atoms with Gasteiger partial charge in [0.1, 0.15) is 0 Å². The summed E-state index contributed by atoms with van der Waals surface area (Å²) in [6.45, 7) is 0.520. The van der Waals surface area contributed by atoms with Gasteiger partial charge in [-0.15, -0.1) is 0 Å². The van der Waals surface area contributed by atoms with Crippen molar-refractivity contribution in [3.8, 4) is 0 Å². The van der Waals surface area contributed by atoms with Gasteiger partial charge in [0, 0.05) is 5.92 Å². The number of rotatable bonds is 10. The molecule has 1 aromatic heterocycles. The highest BCUT2D eigenvalue weighted by atomic mass is 32.2. The van der Waals surface area contributed by atoms with E-state index in [1.807, 2.05) is 6.26 Å². The molecular formula is C16H27N3O3S. The zero-order valence-electron chi connectivity index (χ0n) is 13.8. The van der Waals surface area contributed by atoms with Crippen molar-refractivity contribution >= 4 is 17.9 Å². The fourth-order valence-corrected chi connectivity index (χ4v) is 3.57. The summed E-state index contributed by atoms with van der Waals surface area (Å²) in [5.74, 6) is 0.880. The van der Waals surface area contributed by atoms with Crippen LogP contribution in [0.4, 0.5) is 0 Å². The first kappa shape index (κ1) is 18.3. The molecule has 0 spiro atoms. The number of hydrogen-bond donors (Lipinski definition) is 2. The standard InChI is InChI=1S/C16H27N3O3S/c1-23-17-11-14-18-16(22-19-14)13(10-15(20)21)9-5-8-12-6-3-2-4-7-12/h12-13,17H,2-11H2,1H3,(H,20,21)/t13-/m1/s1. The number of hydrogen-bond acceptors (Lipinski definition) is 6. The second-order valence-corrected chi connectivity index (χ2v) is 7.00. The molecule has 1 heterocycles. The molecule has 0 unspecified atom stereocenters. The summed E-state index contributed by atoms with van der Waals surface area (Å²) in [5, 5.41) is 13.1. The highest BCUT2D eigenvalue weighted by Gasteiger charge is 2.23. The van der Waals surface area contributed by atoms with Gasteiger partial charge in [0.2, 0.25) is 5.89 Å². The largest absolute Gasteiger partial charge is 0.481 e. The highest BCUT2D eigenvalue weighted by Crippen LogP contribution is 2.31. The topological polar surface area (TPSA) is 88.2 Å². The van der Waals surface area contributed by atoms with Crippen molar-refractivity contribution in [3.05, 3.63) is 11.7 Å². The number of carbonyl (C=O) groups is 1.